The Morgan fingerprint density at radius 3 is 2.50 bits per heavy atom. The lowest BCUT2D eigenvalue weighted by molar-refractivity contribution is -0.140. The van der Waals surface area contributed by atoms with Gasteiger partial charge in [0.05, 0.1) is 7.11 Å². The normalized spacial score (nSPS) is 11.6. The first-order valence-electron chi connectivity index (χ1n) is 5.64. The van der Waals surface area contributed by atoms with Gasteiger partial charge in [0, 0.05) is 6.54 Å². The molecule has 1 aromatic rings. The number of hydrogen-bond donors (Lipinski definition) is 1. The molecular formula is C11H15NO6S2. The van der Waals surface area contributed by atoms with Crippen LogP contribution in [0.5, 0.6) is 0 Å². The number of carbonyl (C=O) groups excluding carboxylic acids is 1. The van der Waals surface area contributed by atoms with Crippen LogP contribution in [0.1, 0.15) is 22.2 Å². The monoisotopic (exact) mass is 321 g/mol. The molecule has 0 saturated heterocycles. The molecule has 0 atom stereocenters. The zero-order valence-corrected chi connectivity index (χ0v) is 12.9. The maximum atomic E-state index is 12.5. The van der Waals surface area contributed by atoms with Crippen molar-refractivity contribution in [3.8, 4) is 0 Å². The van der Waals surface area contributed by atoms with Crippen molar-refractivity contribution in [1.29, 1.82) is 0 Å². The maximum absolute atomic E-state index is 12.5. The second kappa shape index (κ2) is 6.33. The number of rotatable bonds is 6. The Bertz CT molecular complexity index is 619. The Balaban J connectivity index is 3.31. The van der Waals surface area contributed by atoms with Crippen molar-refractivity contribution in [2.45, 2.75) is 18.7 Å². The topological polar surface area (TPSA) is 101 Å². The number of hydrogen-bond acceptors (Lipinski definition) is 6. The molecule has 0 amide bonds. The summed E-state index contributed by atoms with van der Waals surface area (Å²) in [4.78, 5) is 21.8. The molecule has 1 aromatic heterocycles. The van der Waals surface area contributed by atoms with E-state index in [0.29, 0.717) is 5.56 Å². The van der Waals surface area contributed by atoms with E-state index in [1.54, 1.807) is 6.92 Å². The lowest BCUT2D eigenvalue weighted by Crippen LogP contribution is -2.36. The van der Waals surface area contributed by atoms with E-state index in [1.807, 2.05) is 0 Å². The standard InChI is InChI=1S/C11H15NO6S2/c1-4-12(5-8(13)18-3)20(16,17)10-7(2)6-19-9(10)11(14)15/h6H,4-5H2,1-3H3,(H,14,15). The van der Waals surface area contributed by atoms with Crippen LogP contribution in [0.2, 0.25) is 0 Å². The van der Waals surface area contributed by atoms with Crippen molar-refractivity contribution in [1.82, 2.24) is 4.31 Å². The number of aryl methyl sites for hydroxylation is 1. The van der Waals surface area contributed by atoms with E-state index in [9.17, 15) is 18.0 Å². The number of methoxy groups -OCH3 is 1. The minimum atomic E-state index is -4.06. The molecule has 20 heavy (non-hydrogen) atoms. The van der Waals surface area contributed by atoms with Gasteiger partial charge in [-0.25, -0.2) is 13.2 Å². The number of esters is 1. The summed E-state index contributed by atoms with van der Waals surface area (Å²) >= 11 is 0.842. The summed E-state index contributed by atoms with van der Waals surface area (Å²) in [5.74, 6) is -2.02. The van der Waals surface area contributed by atoms with Crippen LogP contribution < -0.4 is 0 Å². The fourth-order valence-electron chi connectivity index (χ4n) is 1.61. The fraction of sp³-hybridized carbons (Fsp3) is 0.455. The number of sulfonamides is 1. The zero-order valence-electron chi connectivity index (χ0n) is 11.2. The fourth-order valence-corrected chi connectivity index (χ4v) is 4.58. The number of likely N-dealkylation sites (N-methyl/N-ethyl adjacent to an activating group) is 1. The number of thiophene rings is 1. The largest absolute Gasteiger partial charge is 0.477 e. The Kier molecular flexibility index (Phi) is 5.26. The summed E-state index contributed by atoms with van der Waals surface area (Å²) in [6.45, 7) is 2.65. The number of ether oxygens (including phenoxy) is 1. The van der Waals surface area contributed by atoms with Crippen molar-refractivity contribution in [2.75, 3.05) is 20.2 Å². The number of carboxylic acids is 1. The van der Waals surface area contributed by atoms with Crippen LogP contribution in [0.3, 0.4) is 0 Å². The van der Waals surface area contributed by atoms with E-state index in [-0.39, 0.29) is 16.3 Å². The molecular weight excluding hydrogens is 306 g/mol. The molecule has 0 aromatic carbocycles. The quantitative estimate of drug-likeness (QED) is 0.783. The van der Waals surface area contributed by atoms with Crippen LogP contribution in [-0.4, -0.2) is 50.0 Å². The van der Waals surface area contributed by atoms with Gasteiger partial charge in [0.15, 0.2) is 0 Å². The van der Waals surface area contributed by atoms with Crippen LogP contribution in [0, 0.1) is 6.92 Å². The molecule has 0 aliphatic rings. The minimum absolute atomic E-state index is 0.0335. The molecule has 0 fully saturated rings. The van der Waals surface area contributed by atoms with Crippen LogP contribution in [0.15, 0.2) is 10.3 Å². The van der Waals surface area contributed by atoms with Crippen LogP contribution in [0.4, 0.5) is 0 Å². The molecule has 1 N–H and O–H groups in total. The van der Waals surface area contributed by atoms with Gasteiger partial charge in [0.1, 0.15) is 16.3 Å². The summed E-state index contributed by atoms with van der Waals surface area (Å²) in [7, 11) is -2.90. The molecule has 0 radical (unpaired) electrons. The van der Waals surface area contributed by atoms with Gasteiger partial charge in [-0.3, -0.25) is 4.79 Å². The summed E-state index contributed by atoms with van der Waals surface area (Å²) in [6.07, 6.45) is 0. The van der Waals surface area contributed by atoms with Crippen molar-refractivity contribution in [3.05, 3.63) is 15.8 Å². The molecule has 0 saturated carbocycles. The predicted molar refractivity (Wildman–Crippen MR) is 72.5 cm³/mol. The van der Waals surface area contributed by atoms with Gasteiger partial charge < -0.3 is 9.84 Å². The molecule has 9 heteroatoms. The summed E-state index contributed by atoms with van der Waals surface area (Å²) in [5, 5.41) is 10.5. The molecule has 1 rings (SSSR count). The number of carbonyl (C=O) groups is 2. The summed E-state index contributed by atoms with van der Waals surface area (Å²) in [6, 6.07) is 0. The first-order valence-corrected chi connectivity index (χ1v) is 7.96. The Morgan fingerprint density at radius 2 is 2.05 bits per heavy atom. The predicted octanol–water partition coefficient (Wildman–Crippen LogP) is 0.938. The molecule has 0 spiro atoms. The van der Waals surface area contributed by atoms with Gasteiger partial charge in [-0.2, -0.15) is 4.31 Å². The second-order valence-electron chi connectivity index (χ2n) is 3.89. The van der Waals surface area contributed by atoms with Crippen LogP contribution in [-0.2, 0) is 19.6 Å². The van der Waals surface area contributed by atoms with E-state index >= 15 is 0 Å². The van der Waals surface area contributed by atoms with Crippen molar-refractivity contribution < 1.29 is 27.9 Å². The lowest BCUT2D eigenvalue weighted by atomic mass is 10.3. The SMILES string of the molecule is CCN(CC(=O)OC)S(=O)(=O)c1c(C)csc1C(=O)O. The summed E-state index contributed by atoms with van der Waals surface area (Å²) < 4.78 is 30.3. The van der Waals surface area contributed by atoms with Gasteiger partial charge in [-0.1, -0.05) is 6.92 Å². The van der Waals surface area contributed by atoms with E-state index in [2.05, 4.69) is 4.74 Å². The molecule has 7 nitrogen and oxygen atoms in total. The van der Waals surface area contributed by atoms with Gasteiger partial charge >= 0.3 is 11.9 Å². The van der Waals surface area contributed by atoms with Gasteiger partial charge in [-0.05, 0) is 17.9 Å². The average Bonchev–Trinajstić information content (AvgIpc) is 2.78. The third kappa shape index (κ3) is 3.17. The summed E-state index contributed by atoms with van der Waals surface area (Å²) in [5.41, 5.74) is 0.343. The first kappa shape index (κ1) is 16.6. The highest BCUT2D eigenvalue weighted by molar-refractivity contribution is 7.89. The van der Waals surface area contributed by atoms with Gasteiger partial charge in [0.2, 0.25) is 10.0 Å². The molecule has 0 aliphatic carbocycles. The molecule has 1 heterocycles. The highest BCUT2D eigenvalue weighted by Gasteiger charge is 2.32. The van der Waals surface area contributed by atoms with E-state index in [4.69, 9.17) is 5.11 Å². The second-order valence-corrected chi connectivity index (χ2v) is 6.64. The number of aromatic carboxylic acids is 1. The highest BCUT2D eigenvalue weighted by Crippen LogP contribution is 2.29. The van der Waals surface area contributed by atoms with Crippen molar-refractivity contribution in [3.63, 3.8) is 0 Å². The van der Waals surface area contributed by atoms with Crippen molar-refractivity contribution >= 4 is 33.3 Å². The number of nitrogens with zero attached hydrogens (tertiary/aromatic N) is 1. The van der Waals surface area contributed by atoms with Crippen molar-refractivity contribution in [2.24, 2.45) is 0 Å². The van der Waals surface area contributed by atoms with Crippen LogP contribution >= 0.6 is 11.3 Å². The highest BCUT2D eigenvalue weighted by atomic mass is 32.2. The van der Waals surface area contributed by atoms with Gasteiger partial charge in [0.25, 0.3) is 0 Å². The Labute approximate surface area is 120 Å². The molecule has 0 unspecified atom stereocenters. The van der Waals surface area contributed by atoms with E-state index in [0.717, 1.165) is 22.8 Å². The first-order chi connectivity index (χ1) is 9.25. The van der Waals surface area contributed by atoms with E-state index < -0.39 is 28.5 Å². The Morgan fingerprint density at radius 1 is 1.45 bits per heavy atom. The lowest BCUT2D eigenvalue weighted by Gasteiger charge is -2.19. The van der Waals surface area contributed by atoms with Gasteiger partial charge in [-0.15, -0.1) is 11.3 Å². The molecule has 112 valence electrons. The third-order valence-corrected chi connectivity index (χ3v) is 5.92. The number of carboxylic acid groups (broad SMARTS) is 1. The van der Waals surface area contributed by atoms with E-state index in [1.165, 1.54) is 12.3 Å². The average molecular weight is 321 g/mol. The molecule has 0 aliphatic heterocycles. The zero-order chi connectivity index (χ0) is 15.5. The minimum Gasteiger partial charge on any atom is -0.477 e. The maximum Gasteiger partial charge on any atom is 0.347 e. The smallest absolute Gasteiger partial charge is 0.347 e. The molecule has 0 bridgehead atoms. The van der Waals surface area contributed by atoms with Crippen LogP contribution in [0.25, 0.3) is 0 Å². The third-order valence-electron chi connectivity index (χ3n) is 2.60. The Hall–Kier alpha value is -1.45.